The number of rotatable bonds is 4. The molecule has 1 fully saturated rings. The Kier molecular flexibility index (Phi) is 4.24. The number of amides is 1. The lowest BCUT2D eigenvalue weighted by molar-refractivity contribution is -0.132. The summed E-state index contributed by atoms with van der Waals surface area (Å²) in [5.41, 5.74) is 2.31. The number of pyridine rings is 2. The van der Waals surface area contributed by atoms with Crippen molar-refractivity contribution in [2.24, 2.45) is 0 Å². The van der Waals surface area contributed by atoms with Crippen LogP contribution in [0.4, 0.5) is 0 Å². The first-order valence-corrected chi connectivity index (χ1v) is 7.43. The Bertz CT molecular complexity index is 585. The Morgan fingerprint density at radius 1 is 1.19 bits per heavy atom. The molecule has 0 aliphatic carbocycles. The number of aromatic nitrogens is 2. The molecule has 1 atom stereocenters. The van der Waals surface area contributed by atoms with E-state index in [0.717, 1.165) is 31.4 Å². The van der Waals surface area contributed by atoms with Gasteiger partial charge in [-0.25, -0.2) is 0 Å². The normalized spacial score (nSPS) is 17.9. The quantitative estimate of drug-likeness (QED) is 0.865. The molecule has 1 unspecified atom stereocenters. The fourth-order valence-corrected chi connectivity index (χ4v) is 2.94. The Balaban J connectivity index is 1.64. The van der Waals surface area contributed by atoms with Crippen LogP contribution in [-0.4, -0.2) is 27.3 Å². The van der Waals surface area contributed by atoms with Crippen molar-refractivity contribution in [2.75, 3.05) is 6.54 Å². The molecule has 3 rings (SSSR count). The summed E-state index contributed by atoms with van der Waals surface area (Å²) < 4.78 is 0. The molecule has 0 spiro atoms. The van der Waals surface area contributed by atoms with E-state index in [-0.39, 0.29) is 11.9 Å². The van der Waals surface area contributed by atoms with Gasteiger partial charge in [-0.1, -0.05) is 6.07 Å². The summed E-state index contributed by atoms with van der Waals surface area (Å²) in [7, 11) is 0. The van der Waals surface area contributed by atoms with Crippen LogP contribution in [0, 0.1) is 0 Å². The van der Waals surface area contributed by atoms with Gasteiger partial charge in [0.2, 0.25) is 5.91 Å². The standard InChI is InChI=1S/C17H19N3O/c21-17(6-5-14-3-1-9-19-13-14)20-12-2-4-16(20)15-7-10-18-11-8-15/h1,3,7-11,13,16H,2,4-6,12H2. The average molecular weight is 281 g/mol. The van der Waals surface area contributed by atoms with E-state index < -0.39 is 0 Å². The van der Waals surface area contributed by atoms with E-state index in [1.54, 1.807) is 18.6 Å². The molecule has 4 nitrogen and oxygen atoms in total. The predicted octanol–water partition coefficient (Wildman–Crippen LogP) is 2.77. The second kappa shape index (κ2) is 6.48. The van der Waals surface area contributed by atoms with Gasteiger partial charge in [0.25, 0.3) is 0 Å². The van der Waals surface area contributed by atoms with Gasteiger partial charge in [0.05, 0.1) is 6.04 Å². The molecule has 0 bridgehead atoms. The number of carbonyl (C=O) groups excluding carboxylic acids is 1. The summed E-state index contributed by atoms with van der Waals surface area (Å²) in [6, 6.07) is 8.17. The molecule has 4 heteroatoms. The fraction of sp³-hybridized carbons (Fsp3) is 0.353. The van der Waals surface area contributed by atoms with Crippen LogP contribution in [-0.2, 0) is 11.2 Å². The SMILES string of the molecule is O=C(CCc1cccnc1)N1CCCC1c1ccncc1. The first-order chi connectivity index (χ1) is 10.3. The van der Waals surface area contributed by atoms with Crippen molar-refractivity contribution in [3.8, 4) is 0 Å². The van der Waals surface area contributed by atoms with Gasteiger partial charge >= 0.3 is 0 Å². The van der Waals surface area contributed by atoms with E-state index in [9.17, 15) is 4.79 Å². The van der Waals surface area contributed by atoms with Crippen molar-refractivity contribution in [3.63, 3.8) is 0 Å². The van der Waals surface area contributed by atoms with Gasteiger partial charge in [-0.05, 0) is 48.6 Å². The number of hydrogen-bond donors (Lipinski definition) is 0. The molecule has 2 aromatic heterocycles. The first kappa shape index (κ1) is 13.7. The smallest absolute Gasteiger partial charge is 0.223 e. The van der Waals surface area contributed by atoms with E-state index >= 15 is 0 Å². The molecule has 1 amide bonds. The Labute approximate surface area is 124 Å². The van der Waals surface area contributed by atoms with Crippen molar-refractivity contribution < 1.29 is 4.79 Å². The van der Waals surface area contributed by atoms with Gasteiger partial charge in [0, 0.05) is 37.8 Å². The monoisotopic (exact) mass is 281 g/mol. The molecule has 0 radical (unpaired) electrons. The van der Waals surface area contributed by atoms with Crippen molar-refractivity contribution in [2.45, 2.75) is 31.7 Å². The maximum absolute atomic E-state index is 12.5. The maximum Gasteiger partial charge on any atom is 0.223 e. The highest BCUT2D eigenvalue weighted by Gasteiger charge is 2.29. The zero-order chi connectivity index (χ0) is 14.5. The van der Waals surface area contributed by atoms with Crippen LogP contribution in [0.3, 0.4) is 0 Å². The summed E-state index contributed by atoms with van der Waals surface area (Å²) >= 11 is 0. The Morgan fingerprint density at radius 2 is 2.05 bits per heavy atom. The lowest BCUT2D eigenvalue weighted by Gasteiger charge is -2.25. The first-order valence-electron chi connectivity index (χ1n) is 7.43. The third-order valence-electron chi connectivity index (χ3n) is 4.01. The van der Waals surface area contributed by atoms with Crippen LogP contribution in [0.5, 0.6) is 0 Å². The molecule has 1 saturated heterocycles. The molecule has 3 heterocycles. The largest absolute Gasteiger partial charge is 0.336 e. The summed E-state index contributed by atoms with van der Waals surface area (Å²) in [5, 5.41) is 0. The maximum atomic E-state index is 12.5. The fourth-order valence-electron chi connectivity index (χ4n) is 2.94. The minimum Gasteiger partial charge on any atom is -0.336 e. The van der Waals surface area contributed by atoms with Gasteiger partial charge in [-0.2, -0.15) is 0 Å². The van der Waals surface area contributed by atoms with E-state index in [2.05, 4.69) is 9.97 Å². The van der Waals surface area contributed by atoms with Crippen molar-refractivity contribution >= 4 is 5.91 Å². The van der Waals surface area contributed by atoms with Crippen LogP contribution in [0.2, 0.25) is 0 Å². The second-order valence-corrected chi connectivity index (χ2v) is 5.39. The predicted molar refractivity (Wildman–Crippen MR) is 80.5 cm³/mol. The van der Waals surface area contributed by atoms with Crippen LogP contribution < -0.4 is 0 Å². The molecule has 1 aliphatic rings. The number of hydrogen-bond acceptors (Lipinski definition) is 3. The minimum absolute atomic E-state index is 0.217. The van der Waals surface area contributed by atoms with Crippen LogP contribution in [0.1, 0.15) is 36.4 Å². The topological polar surface area (TPSA) is 46.1 Å². The average Bonchev–Trinajstić information content (AvgIpc) is 3.04. The number of likely N-dealkylation sites (tertiary alicyclic amines) is 1. The van der Waals surface area contributed by atoms with Crippen molar-refractivity contribution in [1.82, 2.24) is 14.9 Å². The number of carbonyl (C=O) groups is 1. The van der Waals surface area contributed by atoms with Gasteiger partial charge in [0.1, 0.15) is 0 Å². The highest BCUT2D eigenvalue weighted by molar-refractivity contribution is 5.77. The third kappa shape index (κ3) is 3.27. The van der Waals surface area contributed by atoms with E-state index in [0.29, 0.717) is 6.42 Å². The molecule has 0 N–H and O–H groups in total. The molecule has 2 aromatic rings. The lowest BCUT2D eigenvalue weighted by Crippen LogP contribution is -2.30. The van der Waals surface area contributed by atoms with E-state index in [1.807, 2.05) is 35.4 Å². The summed E-state index contributed by atoms with van der Waals surface area (Å²) in [5.74, 6) is 0.234. The zero-order valence-electron chi connectivity index (χ0n) is 12.0. The number of aryl methyl sites for hydroxylation is 1. The summed E-state index contributed by atoms with van der Waals surface area (Å²) in [4.78, 5) is 22.7. The van der Waals surface area contributed by atoms with Gasteiger partial charge in [-0.15, -0.1) is 0 Å². The summed E-state index contributed by atoms with van der Waals surface area (Å²) in [6.45, 7) is 0.860. The number of nitrogens with zero attached hydrogens (tertiary/aromatic N) is 3. The summed E-state index contributed by atoms with van der Waals surface area (Å²) in [6.07, 6.45) is 10.6. The second-order valence-electron chi connectivity index (χ2n) is 5.39. The third-order valence-corrected chi connectivity index (χ3v) is 4.01. The van der Waals surface area contributed by atoms with Gasteiger partial charge in [0.15, 0.2) is 0 Å². The highest BCUT2D eigenvalue weighted by Crippen LogP contribution is 2.32. The highest BCUT2D eigenvalue weighted by atomic mass is 16.2. The van der Waals surface area contributed by atoms with Crippen molar-refractivity contribution in [1.29, 1.82) is 0 Å². The molecular formula is C17H19N3O. The Morgan fingerprint density at radius 3 is 2.81 bits per heavy atom. The molecule has 0 aromatic carbocycles. The van der Waals surface area contributed by atoms with Crippen molar-refractivity contribution in [3.05, 3.63) is 60.2 Å². The van der Waals surface area contributed by atoms with Gasteiger partial charge in [-0.3, -0.25) is 14.8 Å². The molecule has 108 valence electrons. The van der Waals surface area contributed by atoms with Crippen LogP contribution in [0.25, 0.3) is 0 Å². The van der Waals surface area contributed by atoms with Gasteiger partial charge < -0.3 is 4.90 Å². The molecular weight excluding hydrogens is 262 g/mol. The minimum atomic E-state index is 0.217. The molecule has 0 saturated carbocycles. The van der Waals surface area contributed by atoms with E-state index in [4.69, 9.17) is 0 Å². The zero-order valence-corrected chi connectivity index (χ0v) is 12.0. The Hall–Kier alpha value is -2.23. The van der Waals surface area contributed by atoms with Crippen LogP contribution in [0.15, 0.2) is 49.1 Å². The molecule has 21 heavy (non-hydrogen) atoms. The lowest BCUT2D eigenvalue weighted by atomic mass is 10.1. The van der Waals surface area contributed by atoms with E-state index in [1.165, 1.54) is 5.56 Å². The molecule has 1 aliphatic heterocycles. The van der Waals surface area contributed by atoms with Crippen LogP contribution >= 0.6 is 0 Å².